The van der Waals surface area contributed by atoms with E-state index in [0.717, 1.165) is 22.0 Å². The number of amides is 2. The molecular formula is C21H25F2N3O3S. The van der Waals surface area contributed by atoms with Crippen molar-refractivity contribution in [2.45, 2.75) is 24.8 Å². The van der Waals surface area contributed by atoms with Crippen molar-refractivity contribution in [3.8, 4) is 0 Å². The van der Waals surface area contributed by atoms with E-state index in [2.05, 4.69) is 5.32 Å². The standard InChI is InChI=1S/C21H25F2N3O3S/c1-15(2)20(16-6-4-3-5-7-16)24-21(27)25-10-12-26(13-11-25)30(28,29)19-14-17(22)8-9-18(19)23/h3-9,14-15,20H,10-13H2,1-2H3,(H,24,27). The van der Waals surface area contributed by atoms with Crippen molar-refractivity contribution in [3.05, 3.63) is 65.7 Å². The second-order valence-electron chi connectivity index (χ2n) is 7.55. The van der Waals surface area contributed by atoms with Gasteiger partial charge in [0.25, 0.3) is 0 Å². The third kappa shape index (κ3) is 4.79. The first-order valence-corrected chi connectivity index (χ1v) is 11.2. The van der Waals surface area contributed by atoms with Crippen molar-refractivity contribution >= 4 is 16.1 Å². The number of hydrogen-bond donors (Lipinski definition) is 1. The number of carbonyl (C=O) groups excluding carboxylic acids is 1. The molecule has 162 valence electrons. The van der Waals surface area contributed by atoms with Crippen LogP contribution >= 0.6 is 0 Å². The van der Waals surface area contributed by atoms with Crippen LogP contribution in [0.1, 0.15) is 25.5 Å². The van der Waals surface area contributed by atoms with Gasteiger partial charge in [0.2, 0.25) is 10.0 Å². The number of urea groups is 1. The maximum Gasteiger partial charge on any atom is 0.317 e. The van der Waals surface area contributed by atoms with Crippen LogP contribution in [-0.4, -0.2) is 49.8 Å². The smallest absolute Gasteiger partial charge is 0.317 e. The van der Waals surface area contributed by atoms with Crippen molar-refractivity contribution < 1.29 is 22.0 Å². The van der Waals surface area contributed by atoms with E-state index in [0.29, 0.717) is 6.07 Å². The van der Waals surface area contributed by atoms with E-state index in [1.165, 1.54) is 4.90 Å². The Morgan fingerprint density at radius 1 is 1.00 bits per heavy atom. The molecule has 0 bridgehead atoms. The monoisotopic (exact) mass is 437 g/mol. The molecule has 1 N–H and O–H groups in total. The fraction of sp³-hybridized carbons (Fsp3) is 0.381. The van der Waals surface area contributed by atoms with E-state index >= 15 is 0 Å². The molecule has 1 unspecified atom stereocenters. The maximum atomic E-state index is 14.0. The molecule has 1 aliphatic heterocycles. The number of nitrogens with one attached hydrogen (secondary N) is 1. The number of carbonyl (C=O) groups is 1. The first-order chi connectivity index (χ1) is 14.2. The van der Waals surface area contributed by atoms with Crippen LogP contribution in [0.3, 0.4) is 0 Å². The lowest BCUT2D eigenvalue weighted by Gasteiger charge is -2.35. The van der Waals surface area contributed by atoms with Crippen LogP contribution in [0.25, 0.3) is 0 Å². The molecule has 2 aromatic carbocycles. The van der Waals surface area contributed by atoms with Gasteiger partial charge >= 0.3 is 6.03 Å². The molecule has 1 atom stereocenters. The molecule has 0 radical (unpaired) electrons. The molecule has 2 aromatic rings. The van der Waals surface area contributed by atoms with Gasteiger partial charge < -0.3 is 10.2 Å². The Balaban J connectivity index is 1.66. The highest BCUT2D eigenvalue weighted by Gasteiger charge is 2.33. The molecule has 1 heterocycles. The summed E-state index contributed by atoms with van der Waals surface area (Å²) in [5.41, 5.74) is 0.989. The molecule has 2 amide bonds. The minimum absolute atomic E-state index is 0.00336. The summed E-state index contributed by atoms with van der Waals surface area (Å²) >= 11 is 0. The summed E-state index contributed by atoms with van der Waals surface area (Å²) in [4.78, 5) is 13.6. The van der Waals surface area contributed by atoms with Gasteiger partial charge in [0.05, 0.1) is 6.04 Å². The predicted molar refractivity (Wildman–Crippen MR) is 109 cm³/mol. The number of piperazine rings is 1. The molecular weight excluding hydrogens is 412 g/mol. The summed E-state index contributed by atoms with van der Waals surface area (Å²) in [5, 5.41) is 3.01. The van der Waals surface area contributed by atoms with E-state index in [1.807, 2.05) is 44.2 Å². The van der Waals surface area contributed by atoms with Gasteiger partial charge in [-0.3, -0.25) is 0 Å². The van der Waals surface area contributed by atoms with Gasteiger partial charge in [0.1, 0.15) is 16.5 Å². The molecule has 1 saturated heterocycles. The average molecular weight is 438 g/mol. The normalized spacial score (nSPS) is 16.5. The van der Waals surface area contributed by atoms with Gasteiger partial charge in [-0.05, 0) is 29.7 Å². The fourth-order valence-corrected chi connectivity index (χ4v) is 4.96. The number of rotatable bonds is 5. The summed E-state index contributed by atoms with van der Waals surface area (Å²) in [6, 6.07) is 11.5. The highest BCUT2D eigenvalue weighted by atomic mass is 32.2. The Bertz CT molecular complexity index is 992. The van der Waals surface area contributed by atoms with Gasteiger partial charge in [-0.2, -0.15) is 4.31 Å². The van der Waals surface area contributed by atoms with E-state index < -0.39 is 26.6 Å². The molecule has 1 fully saturated rings. The molecule has 3 rings (SSSR count). The molecule has 9 heteroatoms. The summed E-state index contributed by atoms with van der Waals surface area (Å²) in [7, 11) is -4.18. The van der Waals surface area contributed by atoms with Crippen LogP contribution < -0.4 is 5.32 Å². The van der Waals surface area contributed by atoms with Gasteiger partial charge in [-0.1, -0.05) is 44.2 Å². The largest absolute Gasteiger partial charge is 0.331 e. The Morgan fingerprint density at radius 3 is 2.23 bits per heavy atom. The fourth-order valence-electron chi connectivity index (χ4n) is 3.47. The van der Waals surface area contributed by atoms with Gasteiger partial charge in [-0.25, -0.2) is 22.0 Å². The SMILES string of the molecule is CC(C)C(NC(=O)N1CCN(S(=O)(=O)c2cc(F)ccc2F)CC1)c1ccccc1. The van der Waals surface area contributed by atoms with Crippen molar-refractivity contribution in [2.24, 2.45) is 5.92 Å². The summed E-state index contributed by atoms with van der Waals surface area (Å²) in [6.07, 6.45) is 0. The van der Waals surface area contributed by atoms with Crippen molar-refractivity contribution in [3.63, 3.8) is 0 Å². The molecule has 0 saturated carbocycles. The average Bonchev–Trinajstić information content (AvgIpc) is 2.74. The first kappa shape index (κ1) is 22.2. The topological polar surface area (TPSA) is 69.7 Å². The first-order valence-electron chi connectivity index (χ1n) is 9.75. The lowest BCUT2D eigenvalue weighted by Crippen LogP contribution is -2.53. The van der Waals surface area contributed by atoms with Gasteiger partial charge in [0.15, 0.2) is 0 Å². The zero-order valence-electron chi connectivity index (χ0n) is 16.9. The van der Waals surface area contributed by atoms with Crippen LogP contribution in [0, 0.1) is 17.6 Å². The van der Waals surface area contributed by atoms with Gasteiger partial charge in [-0.15, -0.1) is 0 Å². The zero-order chi connectivity index (χ0) is 21.9. The van der Waals surface area contributed by atoms with E-state index in [-0.39, 0.29) is 44.2 Å². The highest BCUT2D eigenvalue weighted by molar-refractivity contribution is 7.89. The maximum absolute atomic E-state index is 14.0. The van der Waals surface area contributed by atoms with Crippen LogP contribution in [0.4, 0.5) is 13.6 Å². The molecule has 1 aliphatic rings. The van der Waals surface area contributed by atoms with Crippen LogP contribution in [-0.2, 0) is 10.0 Å². The van der Waals surface area contributed by atoms with Crippen LogP contribution in [0.5, 0.6) is 0 Å². The minimum Gasteiger partial charge on any atom is -0.331 e. The Labute approximate surface area is 175 Å². The summed E-state index contributed by atoms with van der Waals surface area (Å²) in [5.74, 6) is -1.66. The molecule has 6 nitrogen and oxygen atoms in total. The highest BCUT2D eigenvalue weighted by Crippen LogP contribution is 2.24. The van der Waals surface area contributed by atoms with E-state index in [1.54, 1.807) is 0 Å². The predicted octanol–water partition coefficient (Wildman–Crippen LogP) is 3.38. The lowest BCUT2D eigenvalue weighted by molar-refractivity contribution is 0.166. The lowest BCUT2D eigenvalue weighted by atomic mass is 9.96. The van der Waals surface area contributed by atoms with Crippen molar-refractivity contribution in [1.29, 1.82) is 0 Å². The van der Waals surface area contributed by atoms with Crippen LogP contribution in [0.15, 0.2) is 53.4 Å². The van der Waals surface area contributed by atoms with Crippen molar-refractivity contribution in [2.75, 3.05) is 26.2 Å². The molecule has 0 aromatic heterocycles. The molecule has 0 aliphatic carbocycles. The van der Waals surface area contributed by atoms with E-state index in [9.17, 15) is 22.0 Å². The number of benzene rings is 2. The second kappa shape index (κ2) is 9.09. The molecule has 30 heavy (non-hydrogen) atoms. The number of hydrogen-bond acceptors (Lipinski definition) is 3. The third-order valence-corrected chi connectivity index (χ3v) is 7.05. The van der Waals surface area contributed by atoms with Crippen molar-refractivity contribution in [1.82, 2.24) is 14.5 Å². The quantitative estimate of drug-likeness (QED) is 0.780. The third-order valence-electron chi connectivity index (χ3n) is 5.14. The zero-order valence-corrected chi connectivity index (χ0v) is 17.7. The summed E-state index contributed by atoms with van der Waals surface area (Å²) < 4.78 is 53.8. The number of nitrogens with zero attached hydrogens (tertiary/aromatic N) is 2. The second-order valence-corrected chi connectivity index (χ2v) is 9.45. The Morgan fingerprint density at radius 2 is 1.63 bits per heavy atom. The Hall–Kier alpha value is -2.52. The van der Waals surface area contributed by atoms with Gasteiger partial charge in [0, 0.05) is 26.2 Å². The Kier molecular flexibility index (Phi) is 6.72. The molecule has 0 spiro atoms. The summed E-state index contributed by atoms with van der Waals surface area (Å²) in [6.45, 7) is 4.34. The van der Waals surface area contributed by atoms with Crippen LogP contribution in [0.2, 0.25) is 0 Å². The number of sulfonamides is 1. The minimum atomic E-state index is -4.18. The van der Waals surface area contributed by atoms with E-state index in [4.69, 9.17) is 0 Å². The number of halogens is 2.